The highest BCUT2D eigenvalue weighted by Crippen LogP contribution is 2.19. The van der Waals surface area contributed by atoms with E-state index in [1.54, 1.807) is 0 Å². The van der Waals surface area contributed by atoms with E-state index in [-0.39, 0.29) is 11.9 Å². The third-order valence-electron chi connectivity index (χ3n) is 5.28. The third-order valence-corrected chi connectivity index (χ3v) is 5.28. The van der Waals surface area contributed by atoms with Crippen molar-refractivity contribution in [3.63, 3.8) is 0 Å². The first-order chi connectivity index (χ1) is 13.4. The summed E-state index contributed by atoms with van der Waals surface area (Å²) in [4.78, 5) is 16.5. The van der Waals surface area contributed by atoms with Gasteiger partial charge in [0.1, 0.15) is 5.76 Å². The molecule has 28 heavy (non-hydrogen) atoms. The molecule has 3 rings (SSSR count). The Kier molecular flexibility index (Phi) is 6.83. The van der Waals surface area contributed by atoms with Crippen molar-refractivity contribution in [2.75, 3.05) is 26.7 Å². The molecule has 1 aliphatic rings. The molecule has 152 valence electrons. The number of likely N-dealkylation sites (tertiary alicyclic amines) is 1. The summed E-state index contributed by atoms with van der Waals surface area (Å²) in [5, 5.41) is 17.5. The number of piperidine rings is 1. The molecule has 1 aromatic carbocycles. The number of rotatable bonds is 7. The number of aryl methyl sites for hydroxylation is 2. The Bertz CT molecular complexity index is 758. The number of nitrogens with one attached hydrogen (secondary N) is 1. The fraction of sp³-hybridized carbons (Fsp3) is 0.524. The van der Waals surface area contributed by atoms with Crippen LogP contribution in [0.1, 0.15) is 29.0 Å². The number of hydrogen-bond donors (Lipinski definition) is 2. The van der Waals surface area contributed by atoms with E-state index in [2.05, 4.69) is 15.4 Å². The van der Waals surface area contributed by atoms with Crippen LogP contribution in [0.25, 0.3) is 0 Å². The van der Waals surface area contributed by atoms with Crippen molar-refractivity contribution >= 4 is 5.91 Å². The fourth-order valence-electron chi connectivity index (χ4n) is 3.71. The summed E-state index contributed by atoms with van der Waals surface area (Å²) in [6.07, 6.45) is 0.135. The van der Waals surface area contributed by atoms with Crippen molar-refractivity contribution in [3.05, 3.63) is 52.9 Å². The van der Waals surface area contributed by atoms with E-state index in [1.165, 1.54) is 5.56 Å². The second-order valence-corrected chi connectivity index (χ2v) is 7.73. The molecule has 1 aromatic heterocycles. The van der Waals surface area contributed by atoms with Crippen LogP contribution in [-0.2, 0) is 17.9 Å². The quantitative estimate of drug-likeness (QED) is 0.750. The highest BCUT2D eigenvalue weighted by atomic mass is 16.5. The largest absolute Gasteiger partial charge is 0.390 e. The van der Waals surface area contributed by atoms with E-state index in [9.17, 15) is 9.90 Å². The summed E-state index contributed by atoms with van der Waals surface area (Å²) >= 11 is 0. The van der Waals surface area contributed by atoms with Gasteiger partial charge >= 0.3 is 0 Å². The Morgan fingerprint density at radius 3 is 2.75 bits per heavy atom. The number of aromatic nitrogens is 1. The second-order valence-electron chi connectivity index (χ2n) is 7.73. The predicted molar refractivity (Wildman–Crippen MR) is 107 cm³/mol. The molecule has 2 atom stereocenters. The molecule has 1 fully saturated rings. The molecule has 1 amide bonds. The number of likely N-dealkylation sites (N-methyl/N-ethyl adjacent to an activating group) is 1. The average Bonchev–Trinajstić information content (AvgIpc) is 2.96. The number of aliphatic hydroxyl groups is 1. The van der Waals surface area contributed by atoms with Crippen molar-refractivity contribution in [2.45, 2.75) is 45.5 Å². The first-order valence-corrected chi connectivity index (χ1v) is 9.76. The summed E-state index contributed by atoms with van der Waals surface area (Å²) in [5.41, 5.74) is 3.14. The number of aliphatic hydroxyl groups excluding tert-OH is 1. The zero-order chi connectivity index (χ0) is 20.1. The molecule has 0 bridgehead atoms. The van der Waals surface area contributed by atoms with E-state index >= 15 is 0 Å². The van der Waals surface area contributed by atoms with Crippen LogP contribution in [0.15, 0.2) is 34.9 Å². The molecule has 0 radical (unpaired) electrons. The maximum Gasteiger partial charge on any atom is 0.234 e. The lowest BCUT2D eigenvalue weighted by atomic mass is 10.0. The van der Waals surface area contributed by atoms with E-state index in [4.69, 9.17) is 4.52 Å². The molecule has 7 heteroatoms. The van der Waals surface area contributed by atoms with Gasteiger partial charge in [-0.1, -0.05) is 35.5 Å². The highest BCUT2D eigenvalue weighted by molar-refractivity contribution is 5.78. The number of carbonyl (C=O) groups excluding carboxylic acids is 1. The van der Waals surface area contributed by atoms with Crippen LogP contribution in [0.5, 0.6) is 0 Å². The van der Waals surface area contributed by atoms with Gasteiger partial charge in [0, 0.05) is 31.7 Å². The van der Waals surface area contributed by atoms with E-state index in [1.807, 2.05) is 56.1 Å². The van der Waals surface area contributed by atoms with Crippen LogP contribution in [0.4, 0.5) is 0 Å². The van der Waals surface area contributed by atoms with Gasteiger partial charge in [0.15, 0.2) is 0 Å². The van der Waals surface area contributed by atoms with Crippen molar-refractivity contribution < 1.29 is 14.4 Å². The number of benzene rings is 1. The van der Waals surface area contributed by atoms with Gasteiger partial charge in [0.05, 0.1) is 24.4 Å². The van der Waals surface area contributed by atoms with Gasteiger partial charge in [-0.25, -0.2) is 0 Å². The van der Waals surface area contributed by atoms with Gasteiger partial charge in [-0.3, -0.25) is 14.6 Å². The molecule has 0 saturated carbocycles. The molecule has 1 saturated heterocycles. The summed E-state index contributed by atoms with van der Waals surface area (Å²) < 4.78 is 5.22. The Morgan fingerprint density at radius 2 is 2.11 bits per heavy atom. The Hall–Kier alpha value is -2.22. The van der Waals surface area contributed by atoms with Crippen molar-refractivity contribution in [2.24, 2.45) is 0 Å². The van der Waals surface area contributed by atoms with Crippen LogP contribution in [0.3, 0.4) is 0 Å². The minimum absolute atomic E-state index is 0.0540. The van der Waals surface area contributed by atoms with Crippen molar-refractivity contribution in [1.82, 2.24) is 20.3 Å². The molecule has 2 aromatic rings. The normalized spacial score (nSPS) is 20.5. The first kappa shape index (κ1) is 20.5. The van der Waals surface area contributed by atoms with Gasteiger partial charge in [0.2, 0.25) is 5.91 Å². The molecule has 0 unspecified atom stereocenters. The molecular formula is C21H30N4O3. The lowest BCUT2D eigenvalue weighted by Gasteiger charge is -2.36. The standard InChI is InChI=1S/C21H30N4O3/c1-15-18(16(2)28-23-15)12-25-10-9-19(20(26)13-25)22-21(27)14-24(3)11-17-7-5-4-6-8-17/h4-8,19-20,26H,9-14H2,1-3H3,(H,22,27)/t19-,20-/m1/s1. The minimum atomic E-state index is -0.586. The number of β-amino-alcohol motifs (C(OH)–C–C–N with tert-alkyl or cyclic N) is 1. The molecule has 0 spiro atoms. The maximum absolute atomic E-state index is 12.4. The topological polar surface area (TPSA) is 81.8 Å². The smallest absolute Gasteiger partial charge is 0.234 e. The van der Waals surface area contributed by atoms with Gasteiger partial charge in [-0.2, -0.15) is 0 Å². The van der Waals surface area contributed by atoms with E-state index in [0.717, 1.165) is 30.0 Å². The SMILES string of the molecule is Cc1noc(C)c1CN1CC[C@@H](NC(=O)CN(C)Cc2ccccc2)[C@H](O)C1. The molecule has 1 aliphatic heterocycles. The van der Waals surface area contributed by atoms with Crippen LogP contribution in [0.2, 0.25) is 0 Å². The average molecular weight is 386 g/mol. The van der Waals surface area contributed by atoms with Crippen LogP contribution < -0.4 is 5.32 Å². The van der Waals surface area contributed by atoms with Crippen LogP contribution in [0, 0.1) is 13.8 Å². The Balaban J connectivity index is 1.44. The van der Waals surface area contributed by atoms with Gasteiger partial charge in [-0.15, -0.1) is 0 Å². The monoisotopic (exact) mass is 386 g/mol. The predicted octanol–water partition coefficient (Wildman–Crippen LogP) is 1.47. The zero-order valence-electron chi connectivity index (χ0n) is 16.9. The molecule has 7 nitrogen and oxygen atoms in total. The summed E-state index contributed by atoms with van der Waals surface area (Å²) in [6.45, 7) is 6.90. The minimum Gasteiger partial charge on any atom is -0.390 e. The van der Waals surface area contributed by atoms with Gasteiger partial charge in [0.25, 0.3) is 0 Å². The summed E-state index contributed by atoms with van der Waals surface area (Å²) in [6, 6.07) is 9.86. The van der Waals surface area contributed by atoms with Crippen LogP contribution >= 0.6 is 0 Å². The summed E-state index contributed by atoms with van der Waals surface area (Å²) in [7, 11) is 1.93. The number of hydrogen-bond acceptors (Lipinski definition) is 6. The van der Waals surface area contributed by atoms with Crippen LogP contribution in [-0.4, -0.2) is 64.8 Å². The van der Waals surface area contributed by atoms with E-state index in [0.29, 0.717) is 26.2 Å². The molecule has 0 aliphatic carbocycles. The van der Waals surface area contributed by atoms with Crippen molar-refractivity contribution in [3.8, 4) is 0 Å². The number of carbonyl (C=O) groups is 1. The highest BCUT2D eigenvalue weighted by Gasteiger charge is 2.29. The lowest BCUT2D eigenvalue weighted by Crippen LogP contribution is -2.55. The zero-order valence-corrected chi connectivity index (χ0v) is 16.9. The summed E-state index contributed by atoms with van der Waals surface area (Å²) in [5.74, 6) is 0.769. The Morgan fingerprint density at radius 1 is 1.36 bits per heavy atom. The number of amides is 1. The number of nitrogens with zero attached hydrogens (tertiary/aromatic N) is 3. The fourth-order valence-corrected chi connectivity index (χ4v) is 3.71. The van der Waals surface area contributed by atoms with Gasteiger partial charge < -0.3 is 14.9 Å². The lowest BCUT2D eigenvalue weighted by molar-refractivity contribution is -0.124. The first-order valence-electron chi connectivity index (χ1n) is 9.76. The molecule has 2 heterocycles. The maximum atomic E-state index is 12.4. The molecular weight excluding hydrogens is 356 g/mol. The van der Waals surface area contributed by atoms with Crippen molar-refractivity contribution in [1.29, 1.82) is 0 Å². The molecule has 2 N–H and O–H groups in total. The Labute approximate surface area is 166 Å². The third kappa shape index (κ3) is 5.41. The van der Waals surface area contributed by atoms with Gasteiger partial charge in [-0.05, 0) is 32.9 Å². The second kappa shape index (κ2) is 9.32. The van der Waals surface area contributed by atoms with E-state index < -0.39 is 6.10 Å².